The molecule has 0 saturated carbocycles. The monoisotopic (exact) mass is 292 g/mol. The molecular weight excluding hydrogens is 271 g/mol. The van der Waals surface area contributed by atoms with Crippen LogP contribution in [0.25, 0.3) is 0 Å². The fourth-order valence-corrected chi connectivity index (χ4v) is 3.44. The number of halogens is 1. The fourth-order valence-electron chi connectivity index (χ4n) is 3.44. The van der Waals surface area contributed by atoms with Gasteiger partial charge in [-0.1, -0.05) is 6.07 Å². The van der Waals surface area contributed by atoms with Crippen molar-refractivity contribution in [1.82, 2.24) is 10.2 Å². The van der Waals surface area contributed by atoms with Crippen LogP contribution in [0.4, 0.5) is 9.18 Å². The molecule has 2 atom stereocenters. The zero-order valence-electron chi connectivity index (χ0n) is 12.0. The molecule has 3 rings (SSSR count). The normalized spacial score (nSPS) is 24.8. The number of nitrogens with one attached hydrogen (secondary N) is 1. The zero-order chi connectivity index (χ0) is 14.8. The standard InChI is InChI=1S/C16H21FN2O2/c17-12-7-6-11-3-1-5-15(14(11)9-12)18-16(21)19-8-2-4-13(19)10-20/h6-7,9,13,15,20H,1-5,8,10H2,(H,18,21). The molecule has 0 bridgehead atoms. The van der Waals surface area contributed by atoms with E-state index in [1.807, 2.05) is 6.07 Å². The number of hydrogen-bond acceptors (Lipinski definition) is 2. The highest BCUT2D eigenvalue weighted by molar-refractivity contribution is 5.75. The van der Waals surface area contributed by atoms with Crippen molar-refractivity contribution in [3.8, 4) is 0 Å². The Balaban J connectivity index is 1.74. The summed E-state index contributed by atoms with van der Waals surface area (Å²) in [5.41, 5.74) is 2.02. The zero-order valence-corrected chi connectivity index (χ0v) is 12.0. The predicted octanol–water partition coefficient (Wildman–Crippen LogP) is 2.37. The van der Waals surface area contributed by atoms with Gasteiger partial charge < -0.3 is 15.3 Å². The van der Waals surface area contributed by atoms with Gasteiger partial charge in [-0.3, -0.25) is 0 Å². The van der Waals surface area contributed by atoms with Gasteiger partial charge in [-0.2, -0.15) is 0 Å². The first-order valence-corrected chi connectivity index (χ1v) is 7.65. The molecule has 1 saturated heterocycles. The average Bonchev–Trinajstić information content (AvgIpc) is 2.96. The lowest BCUT2D eigenvalue weighted by molar-refractivity contribution is 0.154. The van der Waals surface area contributed by atoms with Gasteiger partial charge in [-0.15, -0.1) is 0 Å². The number of hydrogen-bond donors (Lipinski definition) is 2. The van der Waals surface area contributed by atoms with Crippen LogP contribution in [-0.2, 0) is 6.42 Å². The maximum atomic E-state index is 13.5. The first-order valence-electron chi connectivity index (χ1n) is 7.65. The number of carbonyl (C=O) groups is 1. The van der Waals surface area contributed by atoms with E-state index in [1.165, 1.54) is 12.1 Å². The number of aliphatic hydroxyl groups is 1. The van der Waals surface area contributed by atoms with Crippen molar-refractivity contribution in [1.29, 1.82) is 0 Å². The third kappa shape index (κ3) is 2.88. The van der Waals surface area contributed by atoms with Crippen LogP contribution in [-0.4, -0.2) is 35.2 Å². The fraction of sp³-hybridized carbons (Fsp3) is 0.562. The molecule has 2 amide bonds. The first kappa shape index (κ1) is 14.3. The van der Waals surface area contributed by atoms with Crippen LogP contribution in [0.15, 0.2) is 18.2 Å². The van der Waals surface area contributed by atoms with Crippen LogP contribution < -0.4 is 5.32 Å². The predicted molar refractivity (Wildman–Crippen MR) is 77.4 cm³/mol. The van der Waals surface area contributed by atoms with E-state index in [9.17, 15) is 14.3 Å². The first-order chi connectivity index (χ1) is 10.2. The number of fused-ring (bicyclic) bond motifs is 1. The number of nitrogens with zero attached hydrogens (tertiary/aromatic N) is 1. The van der Waals surface area contributed by atoms with Gasteiger partial charge in [0.05, 0.1) is 18.7 Å². The van der Waals surface area contributed by atoms with E-state index < -0.39 is 0 Å². The van der Waals surface area contributed by atoms with Crippen molar-refractivity contribution in [2.45, 2.75) is 44.2 Å². The van der Waals surface area contributed by atoms with Crippen LogP contribution in [0, 0.1) is 5.82 Å². The highest BCUT2D eigenvalue weighted by Crippen LogP contribution is 2.30. The second-order valence-electron chi connectivity index (χ2n) is 5.91. The maximum Gasteiger partial charge on any atom is 0.318 e. The van der Waals surface area contributed by atoms with E-state index in [-0.39, 0.29) is 30.5 Å². The number of aryl methyl sites for hydroxylation is 1. The lowest BCUT2D eigenvalue weighted by Gasteiger charge is -2.30. The molecule has 2 unspecified atom stereocenters. The number of amides is 2. The van der Waals surface area contributed by atoms with Crippen molar-refractivity contribution in [3.05, 3.63) is 35.1 Å². The molecule has 2 aliphatic rings. The van der Waals surface area contributed by atoms with Crippen LogP contribution in [0.3, 0.4) is 0 Å². The minimum absolute atomic E-state index is 0.00328. The van der Waals surface area contributed by atoms with E-state index in [0.717, 1.165) is 43.2 Å². The molecule has 1 aromatic carbocycles. The Labute approximate surface area is 124 Å². The van der Waals surface area contributed by atoms with Crippen LogP contribution in [0.5, 0.6) is 0 Å². The second-order valence-corrected chi connectivity index (χ2v) is 5.91. The van der Waals surface area contributed by atoms with Gasteiger partial charge in [0.25, 0.3) is 0 Å². The van der Waals surface area contributed by atoms with Crippen molar-refractivity contribution in [3.63, 3.8) is 0 Å². The molecule has 2 N–H and O–H groups in total. The van der Waals surface area contributed by atoms with E-state index >= 15 is 0 Å². The molecule has 4 nitrogen and oxygen atoms in total. The minimum Gasteiger partial charge on any atom is -0.394 e. The Hall–Kier alpha value is -1.62. The summed E-state index contributed by atoms with van der Waals surface area (Å²) in [5.74, 6) is -0.260. The number of rotatable bonds is 2. The lowest BCUT2D eigenvalue weighted by atomic mass is 9.87. The molecule has 0 spiro atoms. The second kappa shape index (κ2) is 6.02. The summed E-state index contributed by atoms with van der Waals surface area (Å²) in [5, 5.41) is 12.3. The third-order valence-corrected chi connectivity index (χ3v) is 4.57. The van der Waals surface area contributed by atoms with Gasteiger partial charge in [-0.05, 0) is 55.4 Å². The average molecular weight is 292 g/mol. The summed E-state index contributed by atoms with van der Waals surface area (Å²) < 4.78 is 13.5. The maximum absolute atomic E-state index is 13.5. The Bertz CT molecular complexity index is 535. The molecule has 5 heteroatoms. The van der Waals surface area contributed by atoms with Gasteiger partial charge in [-0.25, -0.2) is 9.18 Å². The number of aliphatic hydroxyl groups excluding tert-OH is 1. The number of likely N-dealkylation sites (tertiary alicyclic amines) is 1. The Morgan fingerprint density at radius 2 is 2.24 bits per heavy atom. The van der Waals surface area contributed by atoms with Crippen molar-refractivity contribution in [2.75, 3.05) is 13.2 Å². The highest BCUT2D eigenvalue weighted by Gasteiger charge is 2.30. The molecule has 21 heavy (non-hydrogen) atoms. The van der Waals surface area contributed by atoms with Gasteiger partial charge in [0.1, 0.15) is 5.82 Å². The Kier molecular flexibility index (Phi) is 4.10. The summed E-state index contributed by atoms with van der Waals surface area (Å²) in [6.07, 6.45) is 4.53. The van der Waals surface area contributed by atoms with Gasteiger partial charge in [0.15, 0.2) is 0 Å². The molecular formula is C16H21FN2O2. The molecule has 1 aliphatic carbocycles. The van der Waals surface area contributed by atoms with Crippen LogP contribution >= 0.6 is 0 Å². The van der Waals surface area contributed by atoms with Gasteiger partial charge in [0.2, 0.25) is 0 Å². The SMILES string of the molecule is O=C(NC1CCCc2ccc(F)cc21)N1CCCC1CO. The van der Waals surface area contributed by atoms with E-state index in [1.54, 1.807) is 4.90 Å². The largest absolute Gasteiger partial charge is 0.394 e. The highest BCUT2D eigenvalue weighted by atomic mass is 19.1. The van der Waals surface area contributed by atoms with Crippen molar-refractivity contribution in [2.24, 2.45) is 0 Å². The van der Waals surface area contributed by atoms with Crippen LogP contribution in [0.1, 0.15) is 42.9 Å². The molecule has 0 radical (unpaired) electrons. The molecule has 1 fully saturated rings. The lowest BCUT2D eigenvalue weighted by Crippen LogP contribution is -2.45. The van der Waals surface area contributed by atoms with E-state index in [2.05, 4.69) is 5.32 Å². The minimum atomic E-state index is -0.260. The summed E-state index contributed by atoms with van der Waals surface area (Å²) >= 11 is 0. The molecule has 1 aromatic rings. The molecule has 1 aliphatic heterocycles. The van der Waals surface area contributed by atoms with Gasteiger partial charge >= 0.3 is 6.03 Å². The quantitative estimate of drug-likeness (QED) is 0.879. The third-order valence-electron chi connectivity index (χ3n) is 4.57. The van der Waals surface area contributed by atoms with E-state index in [4.69, 9.17) is 0 Å². The van der Waals surface area contributed by atoms with Crippen molar-refractivity contribution < 1.29 is 14.3 Å². The summed E-state index contributed by atoms with van der Waals surface area (Å²) in [4.78, 5) is 14.1. The Morgan fingerprint density at radius 1 is 1.38 bits per heavy atom. The molecule has 0 aromatic heterocycles. The molecule has 1 heterocycles. The topological polar surface area (TPSA) is 52.6 Å². The smallest absolute Gasteiger partial charge is 0.318 e. The van der Waals surface area contributed by atoms with Gasteiger partial charge in [0, 0.05) is 6.54 Å². The Morgan fingerprint density at radius 3 is 3.05 bits per heavy atom. The van der Waals surface area contributed by atoms with Crippen LogP contribution in [0.2, 0.25) is 0 Å². The number of carbonyl (C=O) groups excluding carboxylic acids is 1. The summed E-state index contributed by atoms with van der Waals surface area (Å²) in [6.45, 7) is 0.684. The van der Waals surface area contributed by atoms with E-state index in [0.29, 0.717) is 6.54 Å². The van der Waals surface area contributed by atoms with Crippen molar-refractivity contribution >= 4 is 6.03 Å². The number of benzene rings is 1. The summed E-state index contributed by atoms with van der Waals surface area (Å²) in [7, 11) is 0. The summed E-state index contributed by atoms with van der Waals surface area (Å²) in [6, 6.07) is 4.47. The number of urea groups is 1. The molecule has 114 valence electrons.